The van der Waals surface area contributed by atoms with Gasteiger partial charge in [0.05, 0.1) is 40.0 Å². The SMILES string of the molecule is COc1cc(OC)c(CNC(=O)[C@]2(CCC(=O)OC(C)(C)C)N=C(c3ccc(OCCCO)cc3)O[C@@H]2c2ccc(Br)cc2)c(OC)c1. The number of aliphatic hydroxyl groups is 1. The first-order valence-corrected chi connectivity index (χ1v) is 16.4. The first-order valence-electron chi connectivity index (χ1n) is 15.6. The molecule has 0 spiro atoms. The fourth-order valence-electron chi connectivity index (χ4n) is 5.27. The van der Waals surface area contributed by atoms with Gasteiger partial charge in [0.25, 0.3) is 5.91 Å². The molecule has 3 aromatic carbocycles. The number of aliphatic hydroxyl groups excluding tert-OH is 1. The van der Waals surface area contributed by atoms with Crippen molar-refractivity contribution < 1.29 is 43.1 Å². The van der Waals surface area contributed by atoms with Crippen LogP contribution in [0.25, 0.3) is 0 Å². The maximum absolute atomic E-state index is 14.6. The van der Waals surface area contributed by atoms with Crippen LogP contribution >= 0.6 is 15.9 Å². The molecule has 1 heterocycles. The summed E-state index contributed by atoms with van der Waals surface area (Å²) >= 11 is 3.49. The van der Waals surface area contributed by atoms with Crippen LogP contribution in [0.4, 0.5) is 0 Å². The van der Waals surface area contributed by atoms with Crippen molar-refractivity contribution in [3.8, 4) is 23.0 Å². The van der Waals surface area contributed by atoms with E-state index in [4.69, 9.17) is 38.5 Å². The number of hydrogen-bond acceptors (Lipinski definition) is 10. The van der Waals surface area contributed by atoms with Crippen LogP contribution in [0.2, 0.25) is 0 Å². The third-order valence-corrected chi connectivity index (χ3v) is 8.10. The lowest BCUT2D eigenvalue weighted by atomic mass is 9.83. The van der Waals surface area contributed by atoms with Crippen LogP contribution in [-0.4, -0.2) is 68.6 Å². The van der Waals surface area contributed by atoms with E-state index in [1.54, 1.807) is 64.3 Å². The molecular weight excluding hydrogens is 684 g/mol. The molecule has 11 nitrogen and oxygen atoms in total. The molecule has 258 valence electrons. The number of hydrogen-bond donors (Lipinski definition) is 2. The molecule has 2 N–H and O–H groups in total. The molecule has 0 unspecified atom stereocenters. The third-order valence-electron chi connectivity index (χ3n) is 7.58. The highest BCUT2D eigenvalue weighted by Gasteiger charge is 2.53. The van der Waals surface area contributed by atoms with E-state index < -0.39 is 29.1 Å². The first-order chi connectivity index (χ1) is 22.9. The predicted molar refractivity (Wildman–Crippen MR) is 184 cm³/mol. The molecule has 2 atom stereocenters. The number of carbonyl (C=O) groups excluding carboxylic acids is 2. The topological polar surface area (TPSA) is 134 Å². The molecule has 1 aliphatic heterocycles. The quantitative estimate of drug-likeness (QED) is 0.144. The Labute approximate surface area is 289 Å². The number of esters is 1. The lowest BCUT2D eigenvalue weighted by molar-refractivity contribution is -0.155. The molecular formula is C36H43BrN2O9. The number of nitrogens with zero attached hydrogens (tertiary/aromatic N) is 1. The highest BCUT2D eigenvalue weighted by Crippen LogP contribution is 2.44. The lowest BCUT2D eigenvalue weighted by Gasteiger charge is -2.31. The zero-order valence-electron chi connectivity index (χ0n) is 28.1. The smallest absolute Gasteiger partial charge is 0.306 e. The Balaban J connectivity index is 1.76. The van der Waals surface area contributed by atoms with Crippen molar-refractivity contribution in [2.75, 3.05) is 34.5 Å². The molecule has 0 fully saturated rings. The summed E-state index contributed by atoms with van der Waals surface area (Å²) in [6.07, 6.45) is -0.471. The molecule has 0 bridgehead atoms. The van der Waals surface area contributed by atoms with Crippen LogP contribution < -0.4 is 24.3 Å². The number of ether oxygens (including phenoxy) is 6. The molecule has 1 amide bonds. The van der Waals surface area contributed by atoms with Crippen molar-refractivity contribution in [1.29, 1.82) is 0 Å². The molecule has 0 radical (unpaired) electrons. The Morgan fingerprint density at radius 3 is 2.17 bits per heavy atom. The fraction of sp³-hybridized carbons (Fsp3) is 0.417. The number of nitrogens with one attached hydrogen (secondary N) is 1. The molecule has 3 aromatic rings. The second-order valence-electron chi connectivity index (χ2n) is 12.1. The van der Waals surface area contributed by atoms with E-state index in [9.17, 15) is 9.59 Å². The van der Waals surface area contributed by atoms with E-state index in [1.165, 1.54) is 14.2 Å². The van der Waals surface area contributed by atoms with Crippen LogP contribution in [0.5, 0.6) is 23.0 Å². The van der Waals surface area contributed by atoms with Crippen molar-refractivity contribution in [3.05, 3.63) is 81.8 Å². The van der Waals surface area contributed by atoms with Crippen LogP contribution in [-0.2, 0) is 25.6 Å². The highest BCUT2D eigenvalue weighted by molar-refractivity contribution is 9.10. The summed E-state index contributed by atoms with van der Waals surface area (Å²) in [4.78, 5) is 32.6. The Kier molecular flexibility index (Phi) is 12.3. The monoisotopic (exact) mass is 726 g/mol. The van der Waals surface area contributed by atoms with Gasteiger partial charge in [-0.25, -0.2) is 4.99 Å². The Bertz CT molecular complexity index is 1560. The van der Waals surface area contributed by atoms with Gasteiger partial charge in [0.15, 0.2) is 11.6 Å². The largest absolute Gasteiger partial charge is 0.496 e. The number of aliphatic imine (C=N–C) groups is 1. The molecule has 0 aromatic heterocycles. The van der Waals surface area contributed by atoms with Gasteiger partial charge in [0, 0.05) is 41.6 Å². The molecule has 12 heteroatoms. The van der Waals surface area contributed by atoms with Crippen LogP contribution in [0.3, 0.4) is 0 Å². The number of benzene rings is 3. The Hall–Kier alpha value is -4.29. The van der Waals surface area contributed by atoms with E-state index >= 15 is 0 Å². The van der Waals surface area contributed by atoms with E-state index in [2.05, 4.69) is 21.2 Å². The van der Waals surface area contributed by atoms with Gasteiger partial charge in [-0.3, -0.25) is 9.59 Å². The van der Waals surface area contributed by atoms with Crippen molar-refractivity contribution in [1.82, 2.24) is 5.32 Å². The molecule has 1 aliphatic rings. The van der Waals surface area contributed by atoms with Crippen molar-refractivity contribution in [3.63, 3.8) is 0 Å². The first kappa shape index (κ1) is 36.5. The minimum Gasteiger partial charge on any atom is -0.496 e. The Morgan fingerprint density at radius 2 is 1.60 bits per heavy atom. The number of methoxy groups -OCH3 is 3. The molecule has 48 heavy (non-hydrogen) atoms. The summed E-state index contributed by atoms with van der Waals surface area (Å²) in [5.74, 6) is 1.40. The Morgan fingerprint density at radius 1 is 0.958 bits per heavy atom. The highest BCUT2D eigenvalue weighted by atomic mass is 79.9. The summed E-state index contributed by atoms with van der Waals surface area (Å²) < 4.78 is 35.3. The number of rotatable bonds is 15. The van der Waals surface area contributed by atoms with E-state index in [1.807, 2.05) is 24.3 Å². The molecule has 0 aliphatic carbocycles. The van der Waals surface area contributed by atoms with Gasteiger partial charge in [-0.05, 0) is 69.2 Å². The van der Waals surface area contributed by atoms with Gasteiger partial charge in [0.1, 0.15) is 28.6 Å². The summed E-state index contributed by atoms with van der Waals surface area (Å²) in [5, 5.41) is 12.1. The second kappa shape index (κ2) is 16.2. The van der Waals surface area contributed by atoms with Gasteiger partial charge >= 0.3 is 5.97 Å². The third kappa shape index (κ3) is 8.99. The van der Waals surface area contributed by atoms with Gasteiger partial charge in [-0.15, -0.1) is 0 Å². The van der Waals surface area contributed by atoms with Crippen molar-refractivity contribution >= 4 is 33.7 Å². The van der Waals surface area contributed by atoms with Gasteiger partial charge in [-0.2, -0.15) is 0 Å². The van der Waals surface area contributed by atoms with E-state index in [0.717, 1.165) is 4.47 Å². The van der Waals surface area contributed by atoms with Gasteiger partial charge in [0.2, 0.25) is 5.90 Å². The molecule has 0 saturated heterocycles. The number of amides is 1. The van der Waals surface area contributed by atoms with Crippen LogP contribution in [0.15, 0.2) is 70.1 Å². The number of halogens is 1. The average molecular weight is 728 g/mol. The maximum Gasteiger partial charge on any atom is 0.306 e. The maximum atomic E-state index is 14.6. The summed E-state index contributed by atoms with van der Waals surface area (Å²) in [5.41, 5.74) is -0.363. The molecule has 4 rings (SSSR count). The zero-order valence-corrected chi connectivity index (χ0v) is 29.7. The van der Waals surface area contributed by atoms with E-state index in [0.29, 0.717) is 52.7 Å². The normalized spacial score (nSPS) is 17.2. The number of carbonyl (C=O) groups is 2. The summed E-state index contributed by atoms with van der Waals surface area (Å²) in [6, 6.07) is 18.0. The standard InChI is InChI=1S/C36H43BrN2O9/c1-35(2,3)48-31(41)16-17-36(34(42)38-22-28-29(44-5)20-27(43-4)21-30(28)45-6)32(23-8-12-25(37)13-9-23)47-33(39-36)24-10-14-26(15-11-24)46-19-7-18-40/h8-15,20-21,32,40H,7,16-19,22H2,1-6H3,(H,38,42)/t32-,36-/m1/s1. The van der Waals surface area contributed by atoms with Gasteiger partial charge < -0.3 is 38.8 Å². The van der Waals surface area contributed by atoms with Crippen molar-refractivity contribution in [2.45, 2.75) is 63.8 Å². The fourth-order valence-corrected chi connectivity index (χ4v) is 5.53. The minimum atomic E-state index is -1.57. The predicted octanol–water partition coefficient (Wildman–Crippen LogP) is 5.93. The summed E-state index contributed by atoms with van der Waals surface area (Å²) in [7, 11) is 4.59. The van der Waals surface area contributed by atoms with Crippen LogP contribution in [0.1, 0.15) is 62.8 Å². The minimum absolute atomic E-state index is 0.00276. The van der Waals surface area contributed by atoms with Crippen LogP contribution in [0, 0.1) is 0 Å². The second-order valence-corrected chi connectivity index (χ2v) is 13.0. The summed E-state index contributed by atoms with van der Waals surface area (Å²) in [6.45, 7) is 5.81. The lowest BCUT2D eigenvalue weighted by Crippen LogP contribution is -2.48. The van der Waals surface area contributed by atoms with Gasteiger partial charge in [-0.1, -0.05) is 28.1 Å². The van der Waals surface area contributed by atoms with Crippen molar-refractivity contribution in [2.24, 2.45) is 4.99 Å². The average Bonchev–Trinajstić information content (AvgIpc) is 3.46. The van der Waals surface area contributed by atoms with E-state index in [-0.39, 0.29) is 31.9 Å². The molecule has 0 saturated carbocycles. The zero-order chi connectivity index (χ0) is 34.9.